The molecule has 18 heavy (non-hydrogen) atoms. The second-order valence-electron chi connectivity index (χ2n) is 4.32. The fraction of sp³-hybridized carbons (Fsp3) is 0.400. The van der Waals surface area contributed by atoms with E-state index in [1.165, 1.54) is 12.8 Å². The van der Waals surface area contributed by atoms with E-state index < -0.39 is 0 Å². The highest BCUT2D eigenvalue weighted by Crippen LogP contribution is 2.26. The molecule has 3 heteroatoms. The van der Waals surface area contributed by atoms with E-state index in [-0.39, 0.29) is 0 Å². The predicted octanol–water partition coefficient (Wildman–Crippen LogP) is 4.54. The van der Waals surface area contributed by atoms with E-state index >= 15 is 0 Å². The van der Waals surface area contributed by atoms with Crippen LogP contribution in [0.2, 0.25) is 0 Å². The fourth-order valence-electron chi connectivity index (χ4n) is 1.92. The molecule has 0 spiro atoms. The Morgan fingerprint density at radius 1 is 1.22 bits per heavy atom. The molecule has 0 amide bonds. The zero-order valence-corrected chi connectivity index (χ0v) is 11.4. The van der Waals surface area contributed by atoms with Crippen LogP contribution in [0, 0.1) is 0 Å². The molecule has 1 aromatic carbocycles. The highest BCUT2D eigenvalue weighted by Gasteiger charge is 2.05. The third kappa shape index (κ3) is 3.14. The van der Waals surface area contributed by atoms with Crippen molar-refractivity contribution >= 4 is 22.5 Å². The number of para-hydroxylation sites is 1. The summed E-state index contributed by atoms with van der Waals surface area (Å²) in [6.45, 7) is 2.94. The Balaban J connectivity index is 2.23. The smallest absolute Gasteiger partial charge is 0.130 e. The number of alkyl halides is 1. The second kappa shape index (κ2) is 6.60. The van der Waals surface area contributed by atoms with Gasteiger partial charge in [0.1, 0.15) is 5.75 Å². The summed E-state index contributed by atoms with van der Waals surface area (Å²) in [5.74, 6) is 1.31. The van der Waals surface area contributed by atoms with E-state index in [2.05, 4.69) is 11.9 Å². The molecule has 0 N–H and O–H groups in total. The van der Waals surface area contributed by atoms with Gasteiger partial charge in [-0.15, -0.1) is 11.6 Å². The maximum atomic E-state index is 5.87. The number of rotatable bonds is 6. The van der Waals surface area contributed by atoms with Gasteiger partial charge in [0, 0.05) is 11.5 Å². The minimum atomic E-state index is 0.413. The number of ether oxygens (including phenoxy) is 1. The highest BCUT2D eigenvalue weighted by atomic mass is 35.5. The molecular weight excluding hydrogens is 246 g/mol. The van der Waals surface area contributed by atoms with Gasteiger partial charge in [-0.3, -0.25) is 4.98 Å². The van der Waals surface area contributed by atoms with Crippen molar-refractivity contribution in [3.8, 4) is 5.75 Å². The maximum Gasteiger partial charge on any atom is 0.130 e. The van der Waals surface area contributed by atoms with Crippen molar-refractivity contribution in [3.05, 3.63) is 36.0 Å². The summed E-state index contributed by atoms with van der Waals surface area (Å²) in [6, 6.07) is 9.96. The molecule has 0 atom stereocenters. The molecule has 1 aromatic heterocycles. The van der Waals surface area contributed by atoms with Crippen molar-refractivity contribution in [1.82, 2.24) is 4.98 Å². The zero-order chi connectivity index (χ0) is 12.8. The summed E-state index contributed by atoms with van der Waals surface area (Å²) in [5.41, 5.74) is 1.81. The Kier molecular flexibility index (Phi) is 4.82. The van der Waals surface area contributed by atoms with Crippen molar-refractivity contribution in [1.29, 1.82) is 0 Å². The van der Waals surface area contributed by atoms with E-state index in [0.29, 0.717) is 5.88 Å². The number of halogens is 1. The molecule has 0 aliphatic carbocycles. The van der Waals surface area contributed by atoms with Gasteiger partial charge < -0.3 is 4.74 Å². The number of benzene rings is 1. The topological polar surface area (TPSA) is 22.1 Å². The fourth-order valence-corrected chi connectivity index (χ4v) is 2.05. The monoisotopic (exact) mass is 263 g/mol. The van der Waals surface area contributed by atoms with Crippen LogP contribution in [0.15, 0.2) is 30.3 Å². The molecule has 1 heterocycles. The van der Waals surface area contributed by atoms with E-state index in [0.717, 1.165) is 35.4 Å². The van der Waals surface area contributed by atoms with Crippen LogP contribution < -0.4 is 4.74 Å². The number of nitrogens with zero attached hydrogens (tertiary/aromatic N) is 1. The van der Waals surface area contributed by atoms with Gasteiger partial charge in [-0.05, 0) is 18.6 Å². The van der Waals surface area contributed by atoms with Crippen LogP contribution in [0.5, 0.6) is 5.75 Å². The first-order valence-corrected chi connectivity index (χ1v) is 6.96. The minimum Gasteiger partial charge on any atom is -0.493 e. The number of pyridine rings is 1. The van der Waals surface area contributed by atoms with Crippen molar-refractivity contribution in [3.63, 3.8) is 0 Å². The molecule has 2 aromatic rings. The van der Waals surface area contributed by atoms with Crippen molar-refractivity contribution in [2.75, 3.05) is 6.61 Å². The Hall–Kier alpha value is -1.28. The minimum absolute atomic E-state index is 0.413. The van der Waals surface area contributed by atoms with Gasteiger partial charge in [0.2, 0.25) is 0 Å². The third-order valence-corrected chi connectivity index (χ3v) is 3.15. The summed E-state index contributed by atoms with van der Waals surface area (Å²) in [7, 11) is 0. The van der Waals surface area contributed by atoms with Crippen LogP contribution in [0.25, 0.3) is 10.9 Å². The van der Waals surface area contributed by atoms with Gasteiger partial charge in [-0.25, -0.2) is 0 Å². The second-order valence-corrected chi connectivity index (χ2v) is 4.59. The predicted molar refractivity (Wildman–Crippen MR) is 76.3 cm³/mol. The van der Waals surface area contributed by atoms with Crippen LogP contribution in [0.3, 0.4) is 0 Å². The van der Waals surface area contributed by atoms with E-state index in [1.54, 1.807) is 0 Å². The number of hydrogen-bond acceptors (Lipinski definition) is 2. The molecule has 0 bridgehead atoms. The molecule has 2 rings (SSSR count). The lowest BCUT2D eigenvalue weighted by Gasteiger charge is -2.10. The molecule has 96 valence electrons. The standard InChI is InChI=1S/C15H18ClNO/c1-2-3-6-9-18-15-10-12(11-16)17-14-8-5-4-7-13(14)15/h4-5,7-8,10H,2-3,6,9,11H2,1H3. The third-order valence-electron chi connectivity index (χ3n) is 2.87. The lowest BCUT2D eigenvalue weighted by atomic mass is 10.2. The van der Waals surface area contributed by atoms with Crippen molar-refractivity contribution in [2.45, 2.75) is 32.1 Å². The Morgan fingerprint density at radius 3 is 2.83 bits per heavy atom. The summed E-state index contributed by atoms with van der Waals surface area (Å²) < 4.78 is 5.87. The van der Waals surface area contributed by atoms with Crippen LogP contribution in [-0.2, 0) is 5.88 Å². The van der Waals surface area contributed by atoms with Gasteiger partial charge in [-0.1, -0.05) is 31.9 Å². The molecule has 0 saturated carbocycles. The number of fused-ring (bicyclic) bond motifs is 1. The Bertz CT molecular complexity index is 513. The van der Waals surface area contributed by atoms with Crippen LogP contribution in [0.1, 0.15) is 31.9 Å². The molecular formula is C15H18ClNO. The quantitative estimate of drug-likeness (QED) is 0.564. The average molecular weight is 264 g/mol. The summed E-state index contributed by atoms with van der Waals surface area (Å²) in [4.78, 5) is 4.49. The number of unbranched alkanes of at least 4 members (excludes halogenated alkanes) is 2. The molecule has 0 fully saturated rings. The van der Waals surface area contributed by atoms with E-state index in [9.17, 15) is 0 Å². The molecule has 2 nitrogen and oxygen atoms in total. The summed E-state index contributed by atoms with van der Waals surface area (Å²) >= 11 is 5.86. The van der Waals surface area contributed by atoms with Gasteiger partial charge in [0.25, 0.3) is 0 Å². The first kappa shape index (κ1) is 13.2. The van der Waals surface area contributed by atoms with Gasteiger partial charge in [0.05, 0.1) is 23.7 Å². The first-order valence-electron chi connectivity index (χ1n) is 6.42. The first-order chi connectivity index (χ1) is 8.85. The maximum absolute atomic E-state index is 5.87. The van der Waals surface area contributed by atoms with E-state index in [4.69, 9.17) is 16.3 Å². The van der Waals surface area contributed by atoms with Crippen LogP contribution in [-0.4, -0.2) is 11.6 Å². The molecule has 0 saturated heterocycles. The Labute approximate surface area is 113 Å². The SMILES string of the molecule is CCCCCOc1cc(CCl)nc2ccccc12. The average Bonchev–Trinajstić information content (AvgIpc) is 2.43. The largest absolute Gasteiger partial charge is 0.493 e. The molecule has 0 aliphatic rings. The number of aromatic nitrogens is 1. The molecule has 0 radical (unpaired) electrons. The molecule has 0 aliphatic heterocycles. The zero-order valence-electron chi connectivity index (χ0n) is 10.7. The summed E-state index contributed by atoms with van der Waals surface area (Å²) in [6.07, 6.45) is 3.49. The Morgan fingerprint density at radius 2 is 2.06 bits per heavy atom. The van der Waals surface area contributed by atoms with Gasteiger partial charge in [0.15, 0.2) is 0 Å². The van der Waals surface area contributed by atoms with Crippen LogP contribution >= 0.6 is 11.6 Å². The van der Waals surface area contributed by atoms with Crippen LogP contribution in [0.4, 0.5) is 0 Å². The lowest BCUT2D eigenvalue weighted by Crippen LogP contribution is -1.99. The van der Waals surface area contributed by atoms with Gasteiger partial charge in [-0.2, -0.15) is 0 Å². The molecule has 0 unspecified atom stereocenters. The summed E-state index contributed by atoms with van der Waals surface area (Å²) in [5, 5.41) is 1.06. The van der Waals surface area contributed by atoms with Gasteiger partial charge >= 0.3 is 0 Å². The van der Waals surface area contributed by atoms with Crippen molar-refractivity contribution in [2.24, 2.45) is 0 Å². The lowest BCUT2D eigenvalue weighted by molar-refractivity contribution is 0.309. The normalized spacial score (nSPS) is 10.8. The number of hydrogen-bond donors (Lipinski definition) is 0. The van der Waals surface area contributed by atoms with Crippen molar-refractivity contribution < 1.29 is 4.74 Å². The van der Waals surface area contributed by atoms with E-state index in [1.807, 2.05) is 30.3 Å². The highest BCUT2D eigenvalue weighted by molar-refractivity contribution is 6.17.